The molecule has 0 aromatic heterocycles. The maximum atomic E-state index is 12.0. The van der Waals surface area contributed by atoms with Gasteiger partial charge in [0.05, 0.1) is 11.6 Å². The number of aliphatic imine (C=N–C) groups is 1. The van der Waals surface area contributed by atoms with Crippen LogP contribution < -0.4 is 10.6 Å². The first-order chi connectivity index (χ1) is 12.2. The number of nitrogens with zero attached hydrogens (tertiary/aromatic N) is 1. The quantitative estimate of drug-likeness (QED) is 0.478. The van der Waals surface area contributed by atoms with Gasteiger partial charge in [0, 0.05) is 4.47 Å². The molecule has 0 saturated carbocycles. The number of hydrogen-bond acceptors (Lipinski definition) is 5. The number of rotatable bonds is 2. The van der Waals surface area contributed by atoms with Crippen molar-refractivity contribution < 1.29 is 19.1 Å². The lowest BCUT2D eigenvalue weighted by Crippen LogP contribution is -2.47. The predicted octanol–water partition coefficient (Wildman–Crippen LogP) is 5.01. The number of nitrogens with one attached hydrogen (secondary N) is 2. The topological polar surface area (TPSA) is 89.0 Å². The molecule has 27 heavy (non-hydrogen) atoms. The average molecular weight is 463 g/mol. The Morgan fingerprint density at radius 1 is 1.04 bits per heavy atom. The molecule has 0 heterocycles. The Kier molecular flexibility index (Phi) is 8.10. The molecule has 1 aromatic carbocycles. The van der Waals surface area contributed by atoms with Crippen LogP contribution in [0, 0.1) is 0 Å². The third-order valence-corrected chi connectivity index (χ3v) is 3.87. The van der Waals surface area contributed by atoms with E-state index in [0.717, 1.165) is 10.0 Å². The van der Waals surface area contributed by atoms with Crippen molar-refractivity contribution in [1.29, 1.82) is 0 Å². The van der Waals surface area contributed by atoms with Crippen molar-refractivity contribution in [3.8, 4) is 0 Å². The number of benzene rings is 1. The summed E-state index contributed by atoms with van der Waals surface area (Å²) in [6.07, 6.45) is -1.49. The Morgan fingerprint density at radius 2 is 1.52 bits per heavy atom. The lowest BCUT2D eigenvalue weighted by Gasteiger charge is -2.22. The fraction of sp³-hybridized carbons (Fsp3) is 0.500. The van der Waals surface area contributed by atoms with Gasteiger partial charge in [-0.25, -0.2) is 14.6 Å². The van der Waals surface area contributed by atoms with Crippen LogP contribution in [0.1, 0.15) is 47.1 Å². The first-order valence-corrected chi connectivity index (χ1v) is 9.41. The van der Waals surface area contributed by atoms with E-state index in [-0.39, 0.29) is 12.5 Å². The van der Waals surface area contributed by atoms with Gasteiger partial charge in [-0.3, -0.25) is 10.6 Å². The number of halogens is 2. The molecule has 0 bridgehead atoms. The van der Waals surface area contributed by atoms with Crippen LogP contribution in [0.5, 0.6) is 0 Å². The summed E-state index contributed by atoms with van der Waals surface area (Å²) in [6, 6.07) is 5.33. The number of alkyl carbamates (subject to hydrolysis) is 2. The molecule has 150 valence electrons. The van der Waals surface area contributed by atoms with Crippen LogP contribution in [-0.4, -0.2) is 29.3 Å². The van der Waals surface area contributed by atoms with Crippen molar-refractivity contribution in [3.63, 3.8) is 0 Å². The Labute approximate surface area is 173 Å². The number of guanidine groups is 1. The van der Waals surface area contributed by atoms with Crippen molar-refractivity contribution in [2.75, 3.05) is 0 Å². The molecule has 2 amide bonds. The molecule has 0 unspecified atom stereocenters. The molecule has 0 aliphatic heterocycles. The minimum atomic E-state index is -0.744. The van der Waals surface area contributed by atoms with Crippen LogP contribution in [0.4, 0.5) is 9.59 Å². The van der Waals surface area contributed by atoms with Crippen LogP contribution in [0.15, 0.2) is 27.7 Å². The zero-order chi connectivity index (χ0) is 20.8. The lowest BCUT2D eigenvalue weighted by atomic mass is 10.2. The molecule has 0 spiro atoms. The van der Waals surface area contributed by atoms with Crippen LogP contribution >= 0.6 is 27.5 Å². The smallest absolute Gasteiger partial charge is 0.414 e. The summed E-state index contributed by atoms with van der Waals surface area (Å²) >= 11 is 9.38. The first-order valence-electron chi connectivity index (χ1n) is 8.23. The number of carbonyl (C=O) groups excluding carboxylic acids is 2. The maximum Gasteiger partial charge on any atom is 0.414 e. The van der Waals surface area contributed by atoms with Gasteiger partial charge in [-0.15, -0.1) is 0 Å². The van der Waals surface area contributed by atoms with Gasteiger partial charge in [0.2, 0.25) is 5.96 Å². The number of carbonyl (C=O) groups is 2. The van der Waals surface area contributed by atoms with E-state index in [4.69, 9.17) is 21.1 Å². The summed E-state index contributed by atoms with van der Waals surface area (Å²) in [5, 5.41) is 5.37. The summed E-state index contributed by atoms with van der Waals surface area (Å²) in [7, 11) is 0. The molecule has 2 N–H and O–H groups in total. The van der Waals surface area contributed by atoms with Gasteiger partial charge in [-0.1, -0.05) is 17.7 Å². The lowest BCUT2D eigenvalue weighted by molar-refractivity contribution is 0.0545. The average Bonchev–Trinajstić information content (AvgIpc) is 2.44. The van der Waals surface area contributed by atoms with Gasteiger partial charge >= 0.3 is 12.2 Å². The Hall–Kier alpha value is -1.80. The van der Waals surface area contributed by atoms with Crippen LogP contribution in [0.25, 0.3) is 0 Å². The second-order valence-electron chi connectivity index (χ2n) is 7.67. The highest BCUT2D eigenvalue weighted by Gasteiger charge is 2.21. The van der Waals surface area contributed by atoms with E-state index in [0.29, 0.717) is 5.02 Å². The van der Waals surface area contributed by atoms with Gasteiger partial charge in [-0.2, -0.15) is 0 Å². The second-order valence-corrected chi connectivity index (χ2v) is 8.93. The molecule has 0 aliphatic rings. The van der Waals surface area contributed by atoms with E-state index in [1.165, 1.54) is 0 Å². The van der Waals surface area contributed by atoms with E-state index >= 15 is 0 Å². The van der Waals surface area contributed by atoms with Gasteiger partial charge in [0.25, 0.3) is 0 Å². The van der Waals surface area contributed by atoms with Crippen LogP contribution in [-0.2, 0) is 16.0 Å². The SMILES string of the molecule is CC(C)(C)OC(=O)NC(=NCc1ccc(Br)c(Cl)c1)NC(=O)OC(C)(C)C. The molecule has 1 aromatic rings. The Morgan fingerprint density at radius 3 is 1.93 bits per heavy atom. The van der Waals surface area contributed by atoms with E-state index in [9.17, 15) is 9.59 Å². The first kappa shape index (κ1) is 23.2. The van der Waals surface area contributed by atoms with Gasteiger partial charge in [0.15, 0.2) is 0 Å². The summed E-state index contributed by atoms with van der Waals surface area (Å²) in [6.45, 7) is 10.6. The minimum Gasteiger partial charge on any atom is -0.444 e. The van der Waals surface area contributed by atoms with E-state index in [1.807, 2.05) is 6.07 Å². The van der Waals surface area contributed by atoms with Crippen molar-refractivity contribution in [2.45, 2.75) is 59.3 Å². The van der Waals surface area contributed by atoms with E-state index < -0.39 is 23.4 Å². The molecular weight excluding hydrogens is 438 g/mol. The fourth-order valence-corrected chi connectivity index (χ4v) is 2.17. The molecular formula is C18H25BrClN3O4. The van der Waals surface area contributed by atoms with Crippen molar-refractivity contribution in [1.82, 2.24) is 10.6 Å². The molecule has 0 fully saturated rings. The minimum absolute atomic E-state index is 0.0856. The summed E-state index contributed by atoms with van der Waals surface area (Å²) in [5.74, 6) is -0.0856. The van der Waals surface area contributed by atoms with Crippen molar-refractivity contribution in [2.24, 2.45) is 4.99 Å². The summed E-state index contributed by atoms with van der Waals surface area (Å²) in [5.41, 5.74) is -0.599. The van der Waals surface area contributed by atoms with Crippen LogP contribution in [0.3, 0.4) is 0 Å². The maximum absolute atomic E-state index is 12.0. The number of amides is 2. The number of ether oxygens (including phenoxy) is 2. The van der Waals surface area contributed by atoms with E-state index in [1.54, 1.807) is 53.7 Å². The molecule has 0 aliphatic carbocycles. The zero-order valence-electron chi connectivity index (χ0n) is 16.3. The summed E-state index contributed by atoms with van der Waals surface area (Å²) < 4.78 is 11.1. The highest BCUT2D eigenvalue weighted by atomic mass is 79.9. The molecule has 0 saturated heterocycles. The Balaban J connectivity index is 2.92. The number of hydrogen-bond donors (Lipinski definition) is 2. The van der Waals surface area contributed by atoms with Crippen molar-refractivity contribution in [3.05, 3.63) is 33.3 Å². The molecule has 7 nitrogen and oxygen atoms in total. The molecule has 0 radical (unpaired) electrons. The third kappa shape index (κ3) is 10.2. The van der Waals surface area contributed by atoms with Gasteiger partial charge < -0.3 is 9.47 Å². The fourth-order valence-electron chi connectivity index (χ4n) is 1.72. The second kappa shape index (κ2) is 9.41. The normalized spacial score (nSPS) is 11.4. The zero-order valence-corrected chi connectivity index (χ0v) is 18.6. The van der Waals surface area contributed by atoms with Crippen molar-refractivity contribution >= 4 is 45.7 Å². The standard InChI is InChI=1S/C18H25BrClN3O4/c1-17(2,3)26-15(24)22-14(23-16(25)27-18(4,5)6)21-10-11-7-8-12(19)13(20)9-11/h7-9H,10H2,1-6H3,(H2,21,22,23,24,25). The molecule has 1 rings (SSSR count). The van der Waals surface area contributed by atoms with Gasteiger partial charge in [0.1, 0.15) is 11.2 Å². The Bertz CT molecular complexity index is 692. The largest absolute Gasteiger partial charge is 0.444 e. The monoisotopic (exact) mass is 461 g/mol. The molecule has 9 heteroatoms. The highest BCUT2D eigenvalue weighted by molar-refractivity contribution is 9.10. The predicted molar refractivity (Wildman–Crippen MR) is 109 cm³/mol. The van der Waals surface area contributed by atoms with Gasteiger partial charge in [-0.05, 0) is 75.2 Å². The van der Waals surface area contributed by atoms with E-state index in [2.05, 4.69) is 31.6 Å². The summed E-state index contributed by atoms with van der Waals surface area (Å²) in [4.78, 5) is 28.2. The molecule has 0 atom stereocenters. The van der Waals surface area contributed by atoms with Crippen LogP contribution in [0.2, 0.25) is 5.02 Å². The highest BCUT2D eigenvalue weighted by Crippen LogP contribution is 2.23. The third-order valence-electron chi connectivity index (χ3n) is 2.64.